The van der Waals surface area contributed by atoms with E-state index in [0.29, 0.717) is 28.9 Å². The van der Waals surface area contributed by atoms with Crippen LogP contribution in [0.15, 0.2) is 176 Å². The molecule has 0 unspecified atom stereocenters. The van der Waals surface area contributed by atoms with E-state index in [1.54, 1.807) is 12.4 Å². The number of nitrogens with zero attached hydrogens (tertiary/aromatic N) is 5. The summed E-state index contributed by atoms with van der Waals surface area (Å²) in [6.45, 7) is 0. The van der Waals surface area contributed by atoms with Gasteiger partial charge in [-0.15, -0.1) is 0 Å². The summed E-state index contributed by atoms with van der Waals surface area (Å²) >= 11 is 0. The summed E-state index contributed by atoms with van der Waals surface area (Å²) in [6.07, 6.45) is 7.32. The number of fused-ring (bicyclic) bond motifs is 5. The Morgan fingerprint density at radius 1 is 0.377 bits per heavy atom. The highest BCUT2D eigenvalue weighted by Crippen LogP contribution is 2.38. The van der Waals surface area contributed by atoms with Crippen LogP contribution in [0.2, 0.25) is 0 Å². The predicted octanol–water partition coefficient (Wildman–Crippen LogP) is 11.6. The third kappa shape index (κ3) is 5.76. The van der Waals surface area contributed by atoms with Crippen LogP contribution in [-0.2, 0) is 0 Å². The second-order valence-corrected chi connectivity index (χ2v) is 12.8. The zero-order valence-electron chi connectivity index (χ0n) is 28.3. The molecule has 0 N–H and O–H groups in total. The van der Waals surface area contributed by atoms with Crippen molar-refractivity contribution in [2.75, 3.05) is 0 Å². The van der Waals surface area contributed by atoms with Crippen LogP contribution < -0.4 is 9.47 Å². The van der Waals surface area contributed by atoms with Gasteiger partial charge in [0.05, 0.1) is 22.4 Å². The molecule has 0 saturated carbocycles. The second kappa shape index (κ2) is 12.7. The van der Waals surface area contributed by atoms with Gasteiger partial charge < -0.3 is 9.47 Å². The number of aromatic nitrogens is 5. The maximum Gasteiger partial charge on any atom is 0.234 e. The highest BCUT2D eigenvalue weighted by atomic mass is 16.5. The van der Waals surface area contributed by atoms with Crippen molar-refractivity contribution >= 4 is 43.4 Å². The Bertz CT molecular complexity index is 2790. The van der Waals surface area contributed by atoms with Gasteiger partial charge >= 0.3 is 0 Å². The minimum absolute atomic E-state index is 0.551. The van der Waals surface area contributed by atoms with Gasteiger partial charge in [-0.25, -0.2) is 9.97 Å². The van der Waals surface area contributed by atoms with Crippen molar-refractivity contribution in [3.8, 4) is 51.5 Å². The van der Waals surface area contributed by atoms with Crippen LogP contribution in [0, 0.1) is 0 Å². The number of benzene rings is 6. The average Bonchev–Trinajstić information content (AvgIpc) is 3.53. The summed E-state index contributed by atoms with van der Waals surface area (Å²) in [5.41, 5.74) is 5.57. The molecule has 10 aromatic rings. The molecule has 0 aliphatic rings. The van der Waals surface area contributed by atoms with E-state index < -0.39 is 0 Å². The monoisotopic (exact) mass is 683 g/mol. The first-order valence-electron chi connectivity index (χ1n) is 17.3. The third-order valence-corrected chi connectivity index (χ3v) is 9.46. The molecule has 0 aliphatic carbocycles. The molecule has 0 spiro atoms. The Hall–Kier alpha value is -7.38. The fourth-order valence-electron chi connectivity index (χ4n) is 6.92. The summed E-state index contributed by atoms with van der Waals surface area (Å²) < 4.78 is 15.0. The molecule has 7 heteroatoms. The van der Waals surface area contributed by atoms with Gasteiger partial charge in [0.2, 0.25) is 5.95 Å². The van der Waals surface area contributed by atoms with Crippen molar-refractivity contribution < 1.29 is 9.47 Å². The molecule has 250 valence electrons. The molecular weight excluding hydrogens is 655 g/mol. The summed E-state index contributed by atoms with van der Waals surface area (Å²) in [6, 6.07) is 50.8. The molecule has 10 rings (SSSR count). The Labute approximate surface area is 304 Å². The number of hydrogen-bond donors (Lipinski definition) is 0. The standard InChI is InChI=1S/C46H29N5O2/c1-3-10-34-28-49-42(24-30(34)8-1)32-12-5-14-36(22-32)52-38-16-18-40-41-19-17-39(27-45(41)51(44(40)26-38)46-47-20-7-21-48-46)53-37-15-6-13-33(23-37)43-25-31-9-2-4-11-35(31)29-50-43/h1-29H. The molecule has 6 aromatic carbocycles. The molecule has 0 fully saturated rings. The lowest BCUT2D eigenvalue weighted by Gasteiger charge is -2.10. The van der Waals surface area contributed by atoms with Gasteiger partial charge in [0.1, 0.15) is 23.0 Å². The van der Waals surface area contributed by atoms with Crippen LogP contribution in [0.1, 0.15) is 0 Å². The maximum atomic E-state index is 6.49. The highest BCUT2D eigenvalue weighted by Gasteiger charge is 2.17. The first kappa shape index (κ1) is 30.4. The number of ether oxygens (including phenoxy) is 2. The minimum atomic E-state index is 0.551. The molecule has 0 saturated heterocycles. The molecule has 0 radical (unpaired) electrons. The molecule has 0 amide bonds. The van der Waals surface area contributed by atoms with E-state index in [0.717, 1.165) is 65.9 Å². The quantitative estimate of drug-likeness (QED) is 0.166. The average molecular weight is 684 g/mol. The maximum absolute atomic E-state index is 6.49. The summed E-state index contributed by atoms with van der Waals surface area (Å²) in [5, 5.41) is 6.60. The number of rotatable bonds is 7. The van der Waals surface area contributed by atoms with E-state index in [4.69, 9.17) is 19.4 Å². The van der Waals surface area contributed by atoms with Crippen molar-refractivity contribution in [2.45, 2.75) is 0 Å². The summed E-state index contributed by atoms with van der Waals surface area (Å²) in [4.78, 5) is 18.7. The Morgan fingerprint density at radius 2 is 0.849 bits per heavy atom. The first-order chi connectivity index (χ1) is 26.2. The van der Waals surface area contributed by atoms with Crippen molar-refractivity contribution in [3.05, 3.63) is 176 Å². The molecular formula is C46H29N5O2. The van der Waals surface area contributed by atoms with E-state index in [9.17, 15) is 0 Å². The van der Waals surface area contributed by atoms with Gasteiger partial charge in [0.25, 0.3) is 0 Å². The van der Waals surface area contributed by atoms with Gasteiger partial charge in [-0.2, -0.15) is 0 Å². The molecule has 0 atom stereocenters. The van der Waals surface area contributed by atoms with E-state index in [1.807, 2.05) is 116 Å². The van der Waals surface area contributed by atoms with Gasteiger partial charge in [0.15, 0.2) is 0 Å². The molecule has 7 nitrogen and oxygen atoms in total. The van der Waals surface area contributed by atoms with Crippen molar-refractivity contribution in [1.82, 2.24) is 24.5 Å². The normalized spacial score (nSPS) is 11.4. The van der Waals surface area contributed by atoms with Gasteiger partial charge in [-0.05, 0) is 77.5 Å². The lowest BCUT2D eigenvalue weighted by atomic mass is 10.1. The second-order valence-electron chi connectivity index (χ2n) is 12.8. The molecule has 0 bridgehead atoms. The lowest BCUT2D eigenvalue weighted by molar-refractivity contribution is 0.483. The smallest absolute Gasteiger partial charge is 0.234 e. The number of pyridine rings is 2. The molecule has 0 aliphatic heterocycles. The molecule has 4 aromatic heterocycles. The minimum Gasteiger partial charge on any atom is -0.457 e. The van der Waals surface area contributed by atoms with Crippen LogP contribution >= 0.6 is 0 Å². The van der Waals surface area contributed by atoms with Crippen LogP contribution in [0.5, 0.6) is 23.0 Å². The lowest BCUT2D eigenvalue weighted by Crippen LogP contribution is -2.00. The van der Waals surface area contributed by atoms with E-state index >= 15 is 0 Å². The van der Waals surface area contributed by atoms with Crippen LogP contribution in [0.4, 0.5) is 0 Å². The topological polar surface area (TPSA) is 75.0 Å². The molecule has 53 heavy (non-hydrogen) atoms. The Morgan fingerprint density at radius 3 is 1.36 bits per heavy atom. The third-order valence-electron chi connectivity index (χ3n) is 9.46. The highest BCUT2D eigenvalue weighted by molar-refractivity contribution is 6.09. The van der Waals surface area contributed by atoms with E-state index in [1.165, 1.54) is 0 Å². The van der Waals surface area contributed by atoms with Crippen molar-refractivity contribution in [1.29, 1.82) is 0 Å². The fraction of sp³-hybridized carbons (Fsp3) is 0. The van der Waals surface area contributed by atoms with Gasteiger partial charge in [-0.1, -0.05) is 72.8 Å². The van der Waals surface area contributed by atoms with Gasteiger partial charge in [0, 0.05) is 69.6 Å². The van der Waals surface area contributed by atoms with Crippen LogP contribution in [0.3, 0.4) is 0 Å². The van der Waals surface area contributed by atoms with E-state index in [-0.39, 0.29) is 0 Å². The zero-order chi connectivity index (χ0) is 35.1. The van der Waals surface area contributed by atoms with Crippen molar-refractivity contribution in [2.24, 2.45) is 0 Å². The van der Waals surface area contributed by atoms with Crippen molar-refractivity contribution in [3.63, 3.8) is 0 Å². The van der Waals surface area contributed by atoms with Crippen LogP contribution in [-0.4, -0.2) is 24.5 Å². The molecule has 4 heterocycles. The number of hydrogen-bond acceptors (Lipinski definition) is 6. The summed E-state index contributed by atoms with van der Waals surface area (Å²) in [7, 11) is 0. The van der Waals surface area contributed by atoms with E-state index in [2.05, 4.69) is 63.1 Å². The predicted molar refractivity (Wildman–Crippen MR) is 211 cm³/mol. The first-order valence-corrected chi connectivity index (χ1v) is 17.3. The fourth-order valence-corrected chi connectivity index (χ4v) is 6.92. The largest absolute Gasteiger partial charge is 0.457 e. The summed E-state index contributed by atoms with van der Waals surface area (Å²) in [5.74, 6) is 3.36. The Balaban J connectivity index is 1.00. The van der Waals surface area contributed by atoms with Crippen LogP contribution in [0.25, 0.3) is 71.8 Å². The van der Waals surface area contributed by atoms with Gasteiger partial charge in [-0.3, -0.25) is 14.5 Å². The Kier molecular flexibility index (Phi) is 7.32. The SMILES string of the molecule is c1cnc(-n2c3cc(Oc4cccc(-c5cc6ccccc6cn5)c4)ccc3c3ccc(Oc4cccc(-c5cc6ccccc6cn5)c4)cc32)nc1. The zero-order valence-corrected chi connectivity index (χ0v) is 28.3.